The Balaban J connectivity index is 1.72. The van der Waals surface area contributed by atoms with E-state index in [1.807, 2.05) is 31.2 Å². The molecule has 0 unspecified atom stereocenters. The molecule has 132 valence electrons. The van der Waals surface area contributed by atoms with Crippen molar-refractivity contribution in [3.63, 3.8) is 0 Å². The second kappa shape index (κ2) is 6.98. The molecule has 0 spiro atoms. The number of methoxy groups -OCH3 is 1. The van der Waals surface area contributed by atoms with E-state index in [1.165, 1.54) is 18.6 Å². The van der Waals surface area contributed by atoms with Crippen LogP contribution in [0.5, 0.6) is 5.75 Å². The van der Waals surface area contributed by atoms with E-state index in [4.69, 9.17) is 4.74 Å². The van der Waals surface area contributed by atoms with Crippen LogP contribution in [0.25, 0.3) is 0 Å². The van der Waals surface area contributed by atoms with Gasteiger partial charge in [-0.3, -0.25) is 14.1 Å². The lowest BCUT2D eigenvalue weighted by Gasteiger charge is -2.05. The number of aromatic nitrogens is 4. The normalized spacial score (nSPS) is 11.4. The van der Waals surface area contributed by atoms with E-state index in [0.29, 0.717) is 18.8 Å². The van der Waals surface area contributed by atoms with Crippen LogP contribution in [0, 0.1) is 0 Å². The third kappa shape index (κ3) is 4.00. The number of ether oxygens (including phenoxy) is 1. The third-order valence-electron chi connectivity index (χ3n) is 3.61. The SMILES string of the molecule is CCn1cc(S(=O)(=O)Nc2cnn(Cc3cccc(OC)c3)c2)cn1. The monoisotopic (exact) mass is 361 g/mol. The highest BCUT2D eigenvalue weighted by Gasteiger charge is 2.17. The Hall–Kier alpha value is -2.81. The van der Waals surface area contributed by atoms with E-state index in [2.05, 4.69) is 14.9 Å². The molecule has 8 nitrogen and oxygen atoms in total. The van der Waals surface area contributed by atoms with Crippen molar-refractivity contribution in [3.8, 4) is 5.75 Å². The maximum absolute atomic E-state index is 12.4. The van der Waals surface area contributed by atoms with Gasteiger partial charge < -0.3 is 4.74 Å². The molecule has 2 heterocycles. The minimum absolute atomic E-state index is 0.120. The Morgan fingerprint density at radius 1 is 1.16 bits per heavy atom. The fraction of sp³-hybridized carbons (Fsp3) is 0.250. The summed E-state index contributed by atoms with van der Waals surface area (Å²) < 4.78 is 35.6. The van der Waals surface area contributed by atoms with Gasteiger partial charge in [0, 0.05) is 18.9 Å². The first-order chi connectivity index (χ1) is 12.0. The van der Waals surface area contributed by atoms with E-state index < -0.39 is 10.0 Å². The van der Waals surface area contributed by atoms with Crippen LogP contribution in [0.1, 0.15) is 12.5 Å². The highest BCUT2D eigenvalue weighted by atomic mass is 32.2. The van der Waals surface area contributed by atoms with E-state index in [0.717, 1.165) is 11.3 Å². The second-order valence-electron chi connectivity index (χ2n) is 5.42. The van der Waals surface area contributed by atoms with Crippen molar-refractivity contribution in [2.75, 3.05) is 11.8 Å². The molecule has 9 heteroatoms. The maximum atomic E-state index is 12.4. The van der Waals surface area contributed by atoms with Gasteiger partial charge >= 0.3 is 0 Å². The fourth-order valence-corrected chi connectivity index (χ4v) is 3.31. The van der Waals surface area contributed by atoms with Gasteiger partial charge in [0.05, 0.1) is 31.7 Å². The summed E-state index contributed by atoms with van der Waals surface area (Å²) in [4.78, 5) is 0.120. The van der Waals surface area contributed by atoms with Crippen LogP contribution < -0.4 is 9.46 Å². The number of nitrogens with one attached hydrogen (secondary N) is 1. The van der Waals surface area contributed by atoms with E-state index in [9.17, 15) is 8.42 Å². The van der Waals surface area contributed by atoms with Crippen molar-refractivity contribution < 1.29 is 13.2 Å². The van der Waals surface area contributed by atoms with Gasteiger partial charge in [-0.1, -0.05) is 12.1 Å². The van der Waals surface area contributed by atoms with Crippen LogP contribution in [0.15, 0.2) is 53.9 Å². The number of benzene rings is 1. The molecule has 0 aliphatic rings. The van der Waals surface area contributed by atoms with Crippen LogP contribution in [0.4, 0.5) is 5.69 Å². The van der Waals surface area contributed by atoms with Gasteiger partial charge in [0.25, 0.3) is 10.0 Å². The number of sulfonamides is 1. The van der Waals surface area contributed by atoms with Gasteiger partial charge in [-0.2, -0.15) is 10.2 Å². The average Bonchev–Trinajstić information content (AvgIpc) is 3.24. The topological polar surface area (TPSA) is 91.0 Å². The van der Waals surface area contributed by atoms with Crippen LogP contribution in [-0.4, -0.2) is 35.1 Å². The summed E-state index contributed by atoms with van der Waals surface area (Å²) in [6.07, 6.45) is 5.93. The van der Waals surface area contributed by atoms with Crippen LogP contribution in [0.3, 0.4) is 0 Å². The molecule has 0 radical (unpaired) electrons. The zero-order valence-electron chi connectivity index (χ0n) is 14.0. The number of hydrogen-bond donors (Lipinski definition) is 1. The average molecular weight is 361 g/mol. The molecule has 0 atom stereocenters. The van der Waals surface area contributed by atoms with Crippen molar-refractivity contribution in [1.29, 1.82) is 0 Å². The molecular formula is C16H19N5O3S. The van der Waals surface area contributed by atoms with Crippen molar-refractivity contribution in [3.05, 3.63) is 54.6 Å². The highest BCUT2D eigenvalue weighted by molar-refractivity contribution is 7.92. The molecule has 2 aromatic heterocycles. The van der Waals surface area contributed by atoms with E-state index in [-0.39, 0.29) is 4.90 Å². The van der Waals surface area contributed by atoms with Crippen LogP contribution >= 0.6 is 0 Å². The number of nitrogens with zero attached hydrogens (tertiary/aromatic N) is 4. The molecule has 0 fully saturated rings. The number of aryl methyl sites for hydroxylation is 1. The minimum Gasteiger partial charge on any atom is -0.497 e. The van der Waals surface area contributed by atoms with Crippen molar-refractivity contribution >= 4 is 15.7 Å². The summed E-state index contributed by atoms with van der Waals surface area (Å²) in [6.45, 7) is 3.00. The van der Waals surface area contributed by atoms with Gasteiger partial charge in [0.1, 0.15) is 10.6 Å². The van der Waals surface area contributed by atoms with Crippen molar-refractivity contribution in [1.82, 2.24) is 19.6 Å². The van der Waals surface area contributed by atoms with Crippen molar-refractivity contribution in [2.45, 2.75) is 24.9 Å². The smallest absolute Gasteiger partial charge is 0.265 e. The first kappa shape index (κ1) is 17.0. The Morgan fingerprint density at radius 3 is 2.68 bits per heavy atom. The summed E-state index contributed by atoms with van der Waals surface area (Å²) in [5.41, 5.74) is 1.40. The molecule has 0 saturated carbocycles. The van der Waals surface area contributed by atoms with Gasteiger partial charge in [-0.05, 0) is 24.6 Å². The summed E-state index contributed by atoms with van der Waals surface area (Å²) in [7, 11) is -2.07. The lowest BCUT2D eigenvalue weighted by atomic mass is 10.2. The van der Waals surface area contributed by atoms with Gasteiger partial charge in [0.15, 0.2) is 0 Å². The van der Waals surface area contributed by atoms with Crippen LogP contribution in [-0.2, 0) is 23.1 Å². The van der Waals surface area contributed by atoms with E-state index in [1.54, 1.807) is 22.7 Å². The molecule has 3 rings (SSSR count). The minimum atomic E-state index is -3.68. The summed E-state index contributed by atoms with van der Waals surface area (Å²) in [5.74, 6) is 0.763. The Morgan fingerprint density at radius 2 is 1.96 bits per heavy atom. The second-order valence-corrected chi connectivity index (χ2v) is 7.10. The number of rotatable bonds is 7. The fourth-order valence-electron chi connectivity index (χ4n) is 2.33. The summed E-state index contributed by atoms with van der Waals surface area (Å²) in [6, 6.07) is 7.62. The lowest BCUT2D eigenvalue weighted by Crippen LogP contribution is -2.12. The Kier molecular flexibility index (Phi) is 4.75. The molecule has 25 heavy (non-hydrogen) atoms. The Labute approximate surface area is 146 Å². The first-order valence-corrected chi connectivity index (χ1v) is 9.19. The predicted molar refractivity (Wildman–Crippen MR) is 93.0 cm³/mol. The summed E-state index contributed by atoms with van der Waals surface area (Å²) >= 11 is 0. The largest absolute Gasteiger partial charge is 0.497 e. The maximum Gasteiger partial charge on any atom is 0.265 e. The van der Waals surface area contributed by atoms with Gasteiger partial charge in [-0.25, -0.2) is 8.42 Å². The molecule has 1 aromatic carbocycles. The molecule has 0 bridgehead atoms. The number of hydrogen-bond acceptors (Lipinski definition) is 5. The van der Waals surface area contributed by atoms with Gasteiger partial charge in [-0.15, -0.1) is 0 Å². The molecule has 3 aromatic rings. The third-order valence-corrected chi connectivity index (χ3v) is 4.94. The zero-order valence-corrected chi connectivity index (χ0v) is 14.8. The molecule has 0 aliphatic heterocycles. The predicted octanol–water partition coefficient (Wildman–Crippen LogP) is 1.96. The zero-order chi connectivity index (χ0) is 17.9. The highest BCUT2D eigenvalue weighted by Crippen LogP contribution is 2.17. The molecule has 0 aliphatic carbocycles. The molecule has 0 amide bonds. The molecular weight excluding hydrogens is 342 g/mol. The van der Waals surface area contributed by atoms with Crippen LogP contribution in [0.2, 0.25) is 0 Å². The Bertz CT molecular complexity index is 962. The number of anilines is 1. The quantitative estimate of drug-likeness (QED) is 0.695. The standard InChI is InChI=1S/C16H19N5O3S/c1-3-20-12-16(9-18-20)25(22,23)19-14-8-17-21(11-14)10-13-5-4-6-15(7-13)24-2/h4-9,11-12,19H,3,10H2,1-2H3. The van der Waals surface area contributed by atoms with Gasteiger partial charge in [0.2, 0.25) is 0 Å². The van der Waals surface area contributed by atoms with E-state index >= 15 is 0 Å². The first-order valence-electron chi connectivity index (χ1n) is 7.71. The summed E-state index contributed by atoms with van der Waals surface area (Å²) in [5, 5.41) is 8.18. The molecule has 1 N–H and O–H groups in total. The lowest BCUT2D eigenvalue weighted by molar-refractivity contribution is 0.414. The van der Waals surface area contributed by atoms with Crippen molar-refractivity contribution in [2.24, 2.45) is 0 Å². The molecule has 0 saturated heterocycles.